The Morgan fingerprint density at radius 1 is 1.15 bits per heavy atom. The Hall–Kier alpha value is -2.53. The van der Waals surface area contributed by atoms with Gasteiger partial charge in [0.15, 0.2) is 0 Å². The quantitative estimate of drug-likeness (QED) is 0.767. The van der Waals surface area contributed by atoms with Crippen molar-refractivity contribution < 1.29 is 9.59 Å². The first-order chi connectivity index (χ1) is 12.5. The second-order valence-electron chi connectivity index (χ2n) is 6.42. The Morgan fingerprint density at radius 3 is 2.50 bits per heavy atom. The van der Waals surface area contributed by atoms with Crippen LogP contribution < -0.4 is 16.0 Å². The minimum atomic E-state index is -0.302. The van der Waals surface area contributed by atoms with Crippen LogP contribution in [0.3, 0.4) is 0 Å². The van der Waals surface area contributed by atoms with E-state index in [4.69, 9.17) is 11.6 Å². The van der Waals surface area contributed by atoms with Crippen LogP contribution >= 0.6 is 11.6 Å². The number of hydrogen-bond acceptors (Lipinski definition) is 2. The van der Waals surface area contributed by atoms with Gasteiger partial charge in [0.25, 0.3) is 0 Å². The number of rotatable bonds is 4. The van der Waals surface area contributed by atoms with Crippen LogP contribution in [0.15, 0.2) is 48.5 Å². The third-order valence-corrected chi connectivity index (χ3v) is 4.90. The summed E-state index contributed by atoms with van der Waals surface area (Å²) in [6, 6.07) is 14.7. The van der Waals surface area contributed by atoms with E-state index in [1.807, 2.05) is 12.1 Å². The molecule has 2 atom stereocenters. The zero-order chi connectivity index (χ0) is 18.5. The lowest BCUT2D eigenvalue weighted by Crippen LogP contribution is -2.52. The fourth-order valence-electron chi connectivity index (χ4n) is 3.15. The normalized spacial score (nSPS) is 19.5. The number of aryl methyl sites for hydroxylation is 1. The van der Waals surface area contributed by atoms with Crippen molar-refractivity contribution in [2.45, 2.75) is 31.7 Å². The number of piperidine rings is 1. The number of hydrogen-bond donors (Lipinski definition) is 3. The minimum absolute atomic E-state index is 0.00530. The highest BCUT2D eigenvalue weighted by Gasteiger charge is 2.31. The fraction of sp³-hybridized carbons (Fsp3) is 0.300. The summed E-state index contributed by atoms with van der Waals surface area (Å²) in [6.45, 7) is 2.52. The van der Waals surface area contributed by atoms with Crippen molar-refractivity contribution in [3.63, 3.8) is 0 Å². The number of amides is 3. The molecule has 0 aromatic heterocycles. The molecule has 136 valence electrons. The number of nitrogens with one attached hydrogen (secondary N) is 3. The van der Waals surface area contributed by atoms with E-state index in [-0.39, 0.29) is 23.9 Å². The number of carbonyl (C=O) groups excluding carboxylic acids is 2. The number of anilines is 1. The molecule has 0 saturated carbocycles. The lowest BCUT2D eigenvalue weighted by molar-refractivity contribution is -0.123. The van der Waals surface area contributed by atoms with E-state index in [0.29, 0.717) is 23.7 Å². The molecule has 0 unspecified atom stereocenters. The van der Waals surface area contributed by atoms with Gasteiger partial charge in [0.2, 0.25) is 5.91 Å². The van der Waals surface area contributed by atoms with Crippen molar-refractivity contribution in [3.8, 4) is 0 Å². The van der Waals surface area contributed by atoms with E-state index in [0.717, 1.165) is 12.0 Å². The number of carbonyl (C=O) groups is 2. The fourth-order valence-corrected chi connectivity index (χ4v) is 3.28. The van der Waals surface area contributed by atoms with Gasteiger partial charge in [0, 0.05) is 29.6 Å². The number of benzene rings is 2. The zero-order valence-electron chi connectivity index (χ0n) is 14.6. The topological polar surface area (TPSA) is 70.2 Å². The molecule has 1 aliphatic rings. The van der Waals surface area contributed by atoms with Crippen LogP contribution in [0, 0.1) is 0 Å². The van der Waals surface area contributed by atoms with E-state index in [2.05, 4.69) is 35.0 Å². The molecule has 5 nitrogen and oxygen atoms in total. The van der Waals surface area contributed by atoms with Gasteiger partial charge in [0.05, 0.1) is 6.04 Å². The molecular weight excluding hydrogens is 350 g/mol. The summed E-state index contributed by atoms with van der Waals surface area (Å²) >= 11 is 5.86. The SMILES string of the molecule is CCc1ccc([C@@H]2CC(=O)NC[C@H]2NC(=O)Nc2ccc(Cl)cc2)cc1. The molecule has 1 fully saturated rings. The molecule has 3 amide bonds. The van der Waals surface area contributed by atoms with Gasteiger partial charge in [-0.3, -0.25) is 4.79 Å². The Balaban J connectivity index is 1.69. The maximum atomic E-state index is 12.4. The van der Waals surface area contributed by atoms with Crippen molar-refractivity contribution in [2.75, 3.05) is 11.9 Å². The van der Waals surface area contributed by atoms with Gasteiger partial charge in [-0.1, -0.05) is 42.8 Å². The second-order valence-corrected chi connectivity index (χ2v) is 6.86. The van der Waals surface area contributed by atoms with Crippen molar-refractivity contribution >= 4 is 29.2 Å². The van der Waals surface area contributed by atoms with E-state index in [1.54, 1.807) is 24.3 Å². The van der Waals surface area contributed by atoms with Gasteiger partial charge >= 0.3 is 6.03 Å². The monoisotopic (exact) mass is 371 g/mol. The van der Waals surface area contributed by atoms with Crippen molar-refractivity contribution in [3.05, 3.63) is 64.7 Å². The molecule has 0 aliphatic carbocycles. The lowest BCUT2D eigenvalue weighted by Gasteiger charge is -2.32. The zero-order valence-corrected chi connectivity index (χ0v) is 15.3. The van der Waals surface area contributed by atoms with Crippen molar-refractivity contribution in [1.29, 1.82) is 0 Å². The Labute approximate surface area is 158 Å². The van der Waals surface area contributed by atoms with Gasteiger partial charge in [0.1, 0.15) is 0 Å². The molecule has 1 saturated heterocycles. The average molecular weight is 372 g/mol. The first-order valence-corrected chi connectivity index (χ1v) is 9.11. The molecule has 0 radical (unpaired) electrons. The molecule has 6 heteroatoms. The summed E-state index contributed by atoms with van der Waals surface area (Å²) in [5, 5.41) is 9.22. The van der Waals surface area contributed by atoms with Crippen LogP contribution in [-0.2, 0) is 11.2 Å². The third kappa shape index (κ3) is 4.55. The predicted octanol–water partition coefficient (Wildman–Crippen LogP) is 3.70. The average Bonchev–Trinajstić information content (AvgIpc) is 2.65. The Bertz CT molecular complexity index is 775. The first-order valence-electron chi connectivity index (χ1n) is 8.73. The van der Waals surface area contributed by atoms with E-state index >= 15 is 0 Å². The summed E-state index contributed by atoms with van der Waals surface area (Å²) in [5.41, 5.74) is 2.98. The van der Waals surface area contributed by atoms with Gasteiger partial charge in [-0.25, -0.2) is 4.79 Å². The number of halogens is 1. The van der Waals surface area contributed by atoms with Crippen molar-refractivity contribution in [1.82, 2.24) is 10.6 Å². The highest BCUT2D eigenvalue weighted by molar-refractivity contribution is 6.30. The molecule has 26 heavy (non-hydrogen) atoms. The van der Waals surface area contributed by atoms with Crippen LogP contribution in [0.2, 0.25) is 5.02 Å². The van der Waals surface area contributed by atoms with Gasteiger partial charge in [-0.05, 0) is 41.8 Å². The highest BCUT2D eigenvalue weighted by atomic mass is 35.5. The standard InChI is InChI=1S/C20H22ClN3O2/c1-2-13-3-5-14(6-4-13)17-11-19(25)22-12-18(17)24-20(26)23-16-9-7-15(21)8-10-16/h3-10,17-18H,2,11-12H2,1H3,(H,22,25)(H2,23,24,26)/t17-,18+/m0/s1. The highest BCUT2D eigenvalue weighted by Crippen LogP contribution is 2.27. The lowest BCUT2D eigenvalue weighted by atomic mass is 9.85. The molecule has 2 aromatic rings. The Morgan fingerprint density at radius 2 is 1.85 bits per heavy atom. The maximum Gasteiger partial charge on any atom is 0.319 e. The molecule has 1 aliphatic heterocycles. The van der Waals surface area contributed by atoms with E-state index < -0.39 is 0 Å². The predicted molar refractivity (Wildman–Crippen MR) is 104 cm³/mol. The van der Waals surface area contributed by atoms with Crippen LogP contribution in [0.4, 0.5) is 10.5 Å². The molecular formula is C20H22ClN3O2. The smallest absolute Gasteiger partial charge is 0.319 e. The summed E-state index contributed by atoms with van der Waals surface area (Å²) in [6.07, 6.45) is 1.33. The summed E-state index contributed by atoms with van der Waals surface area (Å²) in [4.78, 5) is 24.2. The van der Waals surface area contributed by atoms with Crippen LogP contribution in [0.1, 0.15) is 30.4 Å². The van der Waals surface area contributed by atoms with Crippen LogP contribution in [0.5, 0.6) is 0 Å². The summed E-state index contributed by atoms with van der Waals surface area (Å²) in [5.74, 6) is -0.0450. The van der Waals surface area contributed by atoms with E-state index in [9.17, 15) is 9.59 Å². The van der Waals surface area contributed by atoms with Crippen LogP contribution in [0.25, 0.3) is 0 Å². The number of urea groups is 1. The molecule has 0 spiro atoms. The van der Waals surface area contributed by atoms with Crippen molar-refractivity contribution in [2.24, 2.45) is 0 Å². The van der Waals surface area contributed by atoms with Crippen LogP contribution in [-0.4, -0.2) is 24.5 Å². The molecule has 1 heterocycles. The summed E-state index contributed by atoms with van der Waals surface area (Å²) in [7, 11) is 0. The molecule has 2 aromatic carbocycles. The molecule has 3 rings (SSSR count). The maximum absolute atomic E-state index is 12.4. The molecule has 3 N–H and O–H groups in total. The third-order valence-electron chi connectivity index (χ3n) is 4.64. The first kappa shape index (κ1) is 18.3. The second kappa shape index (κ2) is 8.23. The minimum Gasteiger partial charge on any atom is -0.354 e. The Kier molecular flexibility index (Phi) is 5.78. The van der Waals surface area contributed by atoms with Gasteiger partial charge < -0.3 is 16.0 Å². The van der Waals surface area contributed by atoms with Gasteiger partial charge in [-0.15, -0.1) is 0 Å². The summed E-state index contributed by atoms with van der Waals surface area (Å²) < 4.78 is 0. The van der Waals surface area contributed by atoms with E-state index in [1.165, 1.54) is 5.56 Å². The van der Waals surface area contributed by atoms with Gasteiger partial charge in [-0.2, -0.15) is 0 Å². The molecule has 0 bridgehead atoms. The largest absolute Gasteiger partial charge is 0.354 e.